The highest BCUT2D eigenvalue weighted by Gasteiger charge is 2.25. The number of carbonyl (C=O) groups excluding carboxylic acids is 1. The summed E-state index contributed by atoms with van der Waals surface area (Å²) in [5.74, 6) is -0.385. The minimum absolute atomic E-state index is 0.0689. The van der Waals surface area contributed by atoms with Crippen LogP contribution in [0.5, 0.6) is 0 Å². The molecular weight excluding hydrogens is 304 g/mol. The van der Waals surface area contributed by atoms with E-state index in [1.165, 1.54) is 0 Å². The maximum absolute atomic E-state index is 12.3. The van der Waals surface area contributed by atoms with Crippen molar-refractivity contribution < 1.29 is 4.79 Å². The molecule has 3 nitrogen and oxygen atoms in total. The molecule has 4 heteroatoms. The number of halogens is 1. The summed E-state index contributed by atoms with van der Waals surface area (Å²) in [5, 5.41) is 2.92. The van der Waals surface area contributed by atoms with Crippen LogP contribution >= 0.6 is 15.9 Å². The lowest BCUT2D eigenvalue weighted by Gasteiger charge is -2.11. The fourth-order valence-electron chi connectivity index (χ4n) is 2.09. The summed E-state index contributed by atoms with van der Waals surface area (Å²) in [4.78, 5) is 16.6. The van der Waals surface area contributed by atoms with Crippen LogP contribution in [0.25, 0.3) is 0 Å². The van der Waals surface area contributed by atoms with Gasteiger partial charge in [-0.15, -0.1) is 0 Å². The van der Waals surface area contributed by atoms with Gasteiger partial charge in [-0.25, -0.2) is 0 Å². The maximum Gasteiger partial charge on any atom is 0.237 e. The molecule has 3 rings (SSSR count). The quantitative estimate of drug-likeness (QED) is 0.897. The van der Waals surface area contributed by atoms with Gasteiger partial charge < -0.3 is 5.32 Å². The summed E-state index contributed by atoms with van der Waals surface area (Å²) in [6.45, 7) is 0. The van der Waals surface area contributed by atoms with Crippen molar-refractivity contribution in [3.8, 4) is 0 Å². The van der Waals surface area contributed by atoms with E-state index in [0.717, 1.165) is 21.4 Å². The number of hydrogen-bond acceptors (Lipinski definition) is 2. The van der Waals surface area contributed by atoms with Crippen molar-refractivity contribution in [1.29, 1.82) is 0 Å². The van der Waals surface area contributed by atoms with Gasteiger partial charge in [0.15, 0.2) is 0 Å². The van der Waals surface area contributed by atoms with E-state index in [2.05, 4.69) is 26.2 Å². The van der Waals surface area contributed by atoms with E-state index in [0.29, 0.717) is 0 Å². The van der Waals surface area contributed by atoms with E-state index in [4.69, 9.17) is 0 Å². The molecule has 0 saturated heterocycles. The molecule has 1 heterocycles. The Morgan fingerprint density at radius 3 is 2.68 bits per heavy atom. The van der Waals surface area contributed by atoms with Crippen LogP contribution < -0.4 is 5.32 Å². The highest BCUT2D eigenvalue weighted by Crippen LogP contribution is 2.33. The number of nitrogens with zero attached hydrogens (tertiary/aromatic N) is 1. The molecule has 1 aliphatic rings. The van der Waals surface area contributed by atoms with Crippen molar-refractivity contribution in [2.24, 2.45) is 4.99 Å². The number of aliphatic imine (C=N–C) groups is 1. The van der Waals surface area contributed by atoms with Crippen molar-refractivity contribution in [2.75, 3.05) is 5.32 Å². The summed E-state index contributed by atoms with van der Waals surface area (Å²) in [7, 11) is 0. The molecule has 0 fully saturated rings. The summed E-state index contributed by atoms with van der Waals surface area (Å²) >= 11 is 3.42. The lowest BCUT2D eigenvalue weighted by Crippen LogP contribution is -2.20. The van der Waals surface area contributed by atoms with Gasteiger partial charge in [-0.3, -0.25) is 9.79 Å². The monoisotopic (exact) mass is 314 g/mol. The van der Waals surface area contributed by atoms with Gasteiger partial charge in [0.25, 0.3) is 0 Å². The van der Waals surface area contributed by atoms with Crippen LogP contribution in [0, 0.1) is 0 Å². The molecule has 94 valence electrons. The average Bonchev–Trinajstić information content (AvgIpc) is 2.85. The van der Waals surface area contributed by atoms with Crippen LogP contribution in [0.4, 0.5) is 11.4 Å². The molecule has 0 aromatic heterocycles. The third kappa shape index (κ3) is 2.31. The Hall–Kier alpha value is -1.94. The Labute approximate surface area is 119 Å². The van der Waals surface area contributed by atoms with E-state index in [-0.39, 0.29) is 11.8 Å². The molecule has 0 saturated carbocycles. The molecule has 1 N–H and O–H groups in total. The first-order valence-corrected chi connectivity index (χ1v) is 6.73. The van der Waals surface area contributed by atoms with Crippen molar-refractivity contribution in [3.05, 3.63) is 58.6 Å². The zero-order chi connectivity index (χ0) is 13.2. The minimum atomic E-state index is -0.316. The minimum Gasteiger partial charge on any atom is -0.324 e. The number of hydrogen-bond donors (Lipinski definition) is 1. The predicted octanol–water partition coefficient (Wildman–Crippen LogP) is 3.89. The van der Waals surface area contributed by atoms with E-state index in [9.17, 15) is 4.79 Å². The standard InChI is InChI=1S/C15H11BrN2O/c16-12-6-2-4-8-14(12)18-15(19)11-9-17-13-7-3-1-5-10(11)13/h1-9,11H,(H,18,19). The number of amides is 1. The summed E-state index contributed by atoms with van der Waals surface area (Å²) < 4.78 is 0.867. The van der Waals surface area contributed by atoms with Crippen LogP contribution in [0.1, 0.15) is 11.5 Å². The van der Waals surface area contributed by atoms with Gasteiger partial charge in [0.05, 0.1) is 11.4 Å². The second kappa shape index (κ2) is 4.97. The first-order chi connectivity index (χ1) is 9.25. The molecule has 0 spiro atoms. The number of fused-ring (bicyclic) bond motifs is 1. The second-order valence-electron chi connectivity index (χ2n) is 4.28. The molecule has 0 radical (unpaired) electrons. The normalized spacial score (nSPS) is 16.2. The molecule has 0 aliphatic carbocycles. The number of para-hydroxylation sites is 2. The molecule has 1 atom stereocenters. The number of anilines is 1. The van der Waals surface area contributed by atoms with Crippen LogP contribution in [0.3, 0.4) is 0 Å². The topological polar surface area (TPSA) is 41.5 Å². The Morgan fingerprint density at radius 2 is 1.84 bits per heavy atom. The number of nitrogens with one attached hydrogen (secondary N) is 1. The zero-order valence-electron chi connectivity index (χ0n) is 10.0. The highest BCUT2D eigenvalue weighted by atomic mass is 79.9. The van der Waals surface area contributed by atoms with E-state index < -0.39 is 0 Å². The Balaban J connectivity index is 1.84. The van der Waals surface area contributed by atoms with E-state index in [1.807, 2.05) is 48.5 Å². The summed E-state index contributed by atoms with van der Waals surface area (Å²) in [6.07, 6.45) is 1.69. The van der Waals surface area contributed by atoms with Crippen molar-refractivity contribution in [2.45, 2.75) is 5.92 Å². The molecule has 1 amide bonds. The van der Waals surface area contributed by atoms with Gasteiger partial charge in [0, 0.05) is 10.7 Å². The van der Waals surface area contributed by atoms with Gasteiger partial charge in [-0.2, -0.15) is 0 Å². The molecule has 2 aromatic rings. The molecule has 1 aliphatic heterocycles. The average molecular weight is 315 g/mol. The molecule has 19 heavy (non-hydrogen) atoms. The smallest absolute Gasteiger partial charge is 0.237 e. The summed E-state index contributed by atoms with van der Waals surface area (Å²) in [5.41, 5.74) is 2.59. The van der Waals surface area contributed by atoms with E-state index in [1.54, 1.807) is 6.21 Å². The molecular formula is C15H11BrN2O. The Bertz CT molecular complexity index is 667. The zero-order valence-corrected chi connectivity index (χ0v) is 11.6. The Morgan fingerprint density at radius 1 is 1.11 bits per heavy atom. The third-order valence-corrected chi connectivity index (χ3v) is 3.74. The molecule has 0 bridgehead atoms. The lowest BCUT2D eigenvalue weighted by atomic mass is 10.0. The van der Waals surface area contributed by atoms with Crippen molar-refractivity contribution >= 4 is 39.4 Å². The van der Waals surface area contributed by atoms with Gasteiger partial charge in [-0.1, -0.05) is 30.3 Å². The SMILES string of the molecule is O=C(Nc1ccccc1Br)C1C=Nc2ccccc21. The molecule has 2 aromatic carbocycles. The van der Waals surface area contributed by atoms with Crippen LogP contribution in [-0.4, -0.2) is 12.1 Å². The van der Waals surface area contributed by atoms with Crippen molar-refractivity contribution in [1.82, 2.24) is 0 Å². The number of rotatable bonds is 2. The first kappa shape index (κ1) is 12.1. The largest absolute Gasteiger partial charge is 0.324 e. The van der Waals surface area contributed by atoms with Gasteiger partial charge in [0.2, 0.25) is 5.91 Å². The Kier molecular flexibility index (Phi) is 3.17. The first-order valence-electron chi connectivity index (χ1n) is 5.94. The maximum atomic E-state index is 12.3. The predicted molar refractivity (Wildman–Crippen MR) is 80.1 cm³/mol. The highest BCUT2D eigenvalue weighted by molar-refractivity contribution is 9.10. The van der Waals surface area contributed by atoms with Crippen LogP contribution in [0.2, 0.25) is 0 Å². The van der Waals surface area contributed by atoms with Crippen LogP contribution in [-0.2, 0) is 4.79 Å². The van der Waals surface area contributed by atoms with Crippen LogP contribution in [0.15, 0.2) is 58.0 Å². The molecule has 1 unspecified atom stereocenters. The third-order valence-electron chi connectivity index (χ3n) is 3.05. The lowest BCUT2D eigenvalue weighted by molar-refractivity contribution is -0.116. The number of carbonyl (C=O) groups is 1. The number of benzene rings is 2. The van der Waals surface area contributed by atoms with Crippen molar-refractivity contribution in [3.63, 3.8) is 0 Å². The fraction of sp³-hybridized carbons (Fsp3) is 0.0667. The van der Waals surface area contributed by atoms with Gasteiger partial charge >= 0.3 is 0 Å². The second-order valence-corrected chi connectivity index (χ2v) is 5.14. The van der Waals surface area contributed by atoms with E-state index >= 15 is 0 Å². The summed E-state index contributed by atoms with van der Waals surface area (Å²) in [6, 6.07) is 15.2. The fourth-order valence-corrected chi connectivity index (χ4v) is 2.47. The van der Waals surface area contributed by atoms with Gasteiger partial charge in [-0.05, 0) is 39.7 Å². The van der Waals surface area contributed by atoms with Gasteiger partial charge in [0.1, 0.15) is 5.92 Å².